The maximum atomic E-state index is 9.52. The molecule has 1 N–H and O–H groups in total. The molecule has 1 aliphatic heterocycles. The predicted octanol–water partition coefficient (Wildman–Crippen LogP) is 2.71. The maximum absolute atomic E-state index is 9.52. The first-order chi connectivity index (χ1) is 9.28. The molecule has 4 nitrogen and oxygen atoms in total. The van der Waals surface area contributed by atoms with Crippen LogP contribution in [0.1, 0.15) is 34.6 Å². The third-order valence-electron chi connectivity index (χ3n) is 4.12. The van der Waals surface area contributed by atoms with E-state index < -0.39 is 6.49 Å². The lowest BCUT2D eigenvalue weighted by Crippen LogP contribution is -2.45. The highest BCUT2D eigenvalue weighted by Crippen LogP contribution is 2.52. The summed E-state index contributed by atoms with van der Waals surface area (Å²) in [5.41, 5.74) is -0.164. The summed E-state index contributed by atoms with van der Waals surface area (Å²) in [6.45, 7) is 11.6. The van der Waals surface area contributed by atoms with Gasteiger partial charge in [-0.2, -0.15) is 0 Å². The van der Waals surface area contributed by atoms with Gasteiger partial charge in [-0.25, -0.2) is 0 Å². The minimum Gasteiger partial charge on any atom is -0.394 e. The zero-order chi connectivity index (χ0) is 15.4. The van der Waals surface area contributed by atoms with Crippen molar-refractivity contribution in [1.82, 2.24) is 4.90 Å². The summed E-state index contributed by atoms with van der Waals surface area (Å²) in [6.07, 6.45) is 0.836. The quantitative estimate of drug-likeness (QED) is 0.696. The van der Waals surface area contributed by atoms with Gasteiger partial charge in [0, 0.05) is 24.8 Å². The van der Waals surface area contributed by atoms with Gasteiger partial charge in [0.2, 0.25) is 0 Å². The van der Waals surface area contributed by atoms with Gasteiger partial charge in [-0.3, -0.25) is 4.90 Å². The zero-order valence-electron chi connectivity index (χ0n) is 13.5. The molecule has 6 heteroatoms. The highest BCUT2D eigenvalue weighted by molar-refractivity contribution is 8.09. The Hall–Kier alpha value is 0.490. The van der Waals surface area contributed by atoms with E-state index in [4.69, 9.17) is 20.9 Å². The number of aliphatic hydroxyl groups excluding tert-OH is 1. The summed E-state index contributed by atoms with van der Waals surface area (Å²) in [6, 6.07) is 0. The van der Waals surface area contributed by atoms with Gasteiger partial charge >= 0.3 is 0 Å². The lowest BCUT2D eigenvalue weighted by molar-refractivity contribution is 0.0731. The van der Waals surface area contributed by atoms with E-state index >= 15 is 0 Å². The number of hydrogen-bond donors (Lipinski definition) is 1. The first-order valence-electron chi connectivity index (χ1n) is 7.52. The Morgan fingerprint density at radius 1 is 1.25 bits per heavy atom. The number of rotatable bonds is 8. The Bertz CT molecular complexity index is 341. The van der Waals surface area contributed by atoms with Gasteiger partial charge in [-0.1, -0.05) is 6.92 Å². The average Bonchev–Trinajstić information content (AvgIpc) is 2.72. The smallest absolute Gasteiger partial charge is 0.189 e. The second-order valence-corrected chi connectivity index (χ2v) is 10.0. The van der Waals surface area contributed by atoms with Gasteiger partial charge in [0.25, 0.3) is 0 Å². The van der Waals surface area contributed by atoms with Gasteiger partial charge in [0.05, 0.1) is 19.8 Å². The van der Waals surface area contributed by atoms with Crippen molar-refractivity contribution in [3.05, 3.63) is 0 Å². The molecule has 120 valence electrons. The third-order valence-corrected chi connectivity index (χ3v) is 7.42. The lowest BCUT2D eigenvalue weighted by atomic mass is 10.0. The summed E-state index contributed by atoms with van der Waals surface area (Å²) in [7, 11) is 0. The Morgan fingerprint density at radius 3 is 2.25 bits per heavy atom. The minimum absolute atomic E-state index is 0.164. The van der Waals surface area contributed by atoms with Crippen LogP contribution in [0.3, 0.4) is 0 Å². The van der Waals surface area contributed by atoms with E-state index in [2.05, 4.69) is 25.7 Å². The van der Waals surface area contributed by atoms with Gasteiger partial charge in [-0.05, 0) is 51.3 Å². The summed E-state index contributed by atoms with van der Waals surface area (Å²) >= 11 is 5.65. The summed E-state index contributed by atoms with van der Waals surface area (Å²) in [5, 5.41) is 9.52. The number of hydrogen-bond acceptors (Lipinski definition) is 5. The fraction of sp³-hybridized carbons (Fsp3) is 1.00. The zero-order valence-corrected chi connectivity index (χ0v) is 15.2. The van der Waals surface area contributed by atoms with E-state index in [1.807, 2.05) is 13.8 Å². The van der Waals surface area contributed by atoms with E-state index in [0.717, 1.165) is 19.3 Å². The molecule has 1 rings (SSSR count). The lowest BCUT2D eigenvalue weighted by Gasteiger charge is -2.34. The van der Waals surface area contributed by atoms with Gasteiger partial charge in [-0.15, -0.1) is 0 Å². The Balaban J connectivity index is 2.70. The fourth-order valence-corrected chi connectivity index (χ4v) is 6.02. The van der Waals surface area contributed by atoms with Crippen LogP contribution in [0.4, 0.5) is 0 Å². The van der Waals surface area contributed by atoms with Crippen molar-refractivity contribution in [1.29, 1.82) is 0 Å². The molecule has 0 aromatic carbocycles. The normalized spacial score (nSPS) is 25.3. The van der Waals surface area contributed by atoms with E-state index in [1.54, 1.807) is 0 Å². The molecule has 0 spiro atoms. The Kier molecular flexibility index (Phi) is 7.10. The molecule has 0 amide bonds. The molecule has 0 unspecified atom stereocenters. The van der Waals surface area contributed by atoms with Crippen LogP contribution in [-0.2, 0) is 20.9 Å². The van der Waals surface area contributed by atoms with E-state index in [1.165, 1.54) is 0 Å². The molecule has 20 heavy (non-hydrogen) atoms. The molecule has 0 radical (unpaired) electrons. The van der Waals surface area contributed by atoms with Crippen LogP contribution in [0.2, 0.25) is 0 Å². The summed E-state index contributed by atoms with van der Waals surface area (Å²) < 4.78 is 11.5. The van der Waals surface area contributed by atoms with Crippen LogP contribution in [0, 0.1) is 11.8 Å². The first-order valence-corrected chi connectivity index (χ1v) is 10.3. The van der Waals surface area contributed by atoms with Gasteiger partial charge < -0.3 is 14.2 Å². The number of aliphatic hydroxyl groups is 1. The maximum Gasteiger partial charge on any atom is 0.189 e. The number of likely N-dealkylation sites (tertiary alicyclic amines) is 1. The van der Waals surface area contributed by atoms with Gasteiger partial charge in [0.1, 0.15) is 0 Å². The van der Waals surface area contributed by atoms with Gasteiger partial charge in [0.15, 0.2) is 6.49 Å². The first kappa shape index (κ1) is 18.5. The molecule has 0 aromatic rings. The molecular weight excluding hydrogens is 293 g/mol. The van der Waals surface area contributed by atoms with Crippen molar-refractivity contribution in [3.63, 3.8) is 0 Å². The average molecular weight is 323 g/mol. The molecule has 0 saturated carbocycles. The SMILES string of the molecule is CCOP(=S)(C[C@H]1CN(C(C)(C)CO)C[C@H]1C)OCC. The van der Waals surface area contributed by atoms with Crippen molar-refractivity contribution in [3.8, 4) is 0 Å². The van der Waals surface area contributed by atoms with Crippen LogP contribution in [0.5, 0.6) is 0 Å². The molecule has 1 heterocycles. The minimum atomic E-state index is -2.15. The van der Waals surface area contributed by atoms with Crippen LogP contribution >= 0.6 is 6.49 Å². The topological polar surface area (TPSA) is 41.9 Å². The number of nitrogens with zero attached hydrogens (tertiary/aromatic N) is 1. The largest absolute Gasteiger partial charge is 0.394 e. The van der Waals surface area contributed by atoms with Crippen LogP contribution in [0.15, 0.2) is 0 Å². The van der Waals surface area contributed by atoms with Crippen molar-refractivity contribution in [2.75, 3.05) is 39.1 Å². The molecule has 1 saturated heterocycles. The summed E-state index contributed by atoms with van der Waals surface area (Å²) in [5.74, 6) is 1.05. The second-order valence-electron chi connectivity index (χ2n) is 6.24. The molecular formula is C14H30NO3PS. The molecule has 1 aliphatic rings. The predicted molar refractivity (Wildman–Crippen MR) is 87.8 cm³/mol. The monoisotopic (exact) mass is 323 g/mol. The highest BCUT2D eigenvalue weighted by atomic mass is 32.5. The highest BCUT2D eigenvalue weighted by Gasteiger charge is 2.39. The van der Waals surface area contributed by atoms with Crippen molar-refractivity contribution in [2.24, 2.45) is 11.8 Å². The van der Waals surface area contributed by atoms with Crippen LogP contribution in [0.25, 0.3) is 0 Å². The van der Waals surface area contributed by atoms with Crippen LogP contribution in [-0.4, -0.2) is 54.6 Å². The Labute approximate surface area is 129 Å². The molecule has 0 aromatic heterocycles. The third kappa shape index (κ3) is 4.75. The fourth-order valence-electron chi connectivity index (χ4n) is 2.69. The van der Waals surface area contributed by atoms with Crippen molar-refractivity contribution in [2.45, 2.75) is 40.2 Å². The second kappa shape index (κ2) is 7.66. The van der Waals surface area contributed by atoms with Crippen LogP contribution < -0.4 is 0 Å². The van der Waals surface area contributed by atoms with E-state index in [-0.39, 0.29) is 12.1 Å². The van der Waals surface area contributed by atoms with Crippen molar-refractivity contribution < 1.29 is 14.2 Å². The molecule has 0 aliphatic carbocycles. The van der Waals surface area contributed by atoms with Crippen molar-refractivity contribution >= 4 is 18.3 Å². The molecule has 1 fully saturated rings. The standard InChI is InChI=1S/C14H30NO3PS/c1-6-17-19(20,18-7-2)10-13-9-15(8-12(13)3)14(4,5)11-16/h12-13,16H,6-11H2,1-5H3/t12-,13-/m1/s1. The molecule has 0 bridgehead atoms. The Morgan fingerprint density at radius 2 is 1.80 bits per heavy atom. The van der Waals surface area contributed by atoms with E-state index in [0.29, 0.717) is 25.0 Å². The molecule has 2 atom stereocenters. The summed E-state index contributed by atoms with van der Waals surface area (Å²) in [4.78, 5) is 2.36. The van der Waals surface area contributed by atoms with E-state index in [9.17, 15) is 5.11 Å².